The van der Waals surface area contributed by atoms with E-state index >= 15 is 0 Å². The summed E-state index contributed by atoms with van der Waals surface area (Å²) in [6.07, 6.45) is 0. The van der Waals surface area contributed by atoms with E-state index in [9.17, 15) is 15.8 Å². The maximum Gasteiger partial charge on any atom is 0.197 e. The summed E-state index contributed by atoms with van der Waals surface area (Å²) in [5.74, 6) is 0. The standard InChI is InChI=1S/C66H34N8/c1-70-53-17-7-14-46(30-53)50-21-25-57-58-26-22-51(47-15-8-18-54(31-47)71-2)35-64(58)74(63(57)34-50)66-37-60(72-3)59(52-16-6-11-43(29-52)40-69)36-65(66)73-61-32-48(44-12-4-9-41(27-44)38-67)19-23-55(61)56-24-20-49(33-62(56)73)45-13-5-10-42(28-45)39-68/h4-37H. The van der Waals surface area contributed by atoms with Crippen molar-refractivity contribution in [2.45, 2.75) is 0 Å². The van der Waals surface area contributed by atoms with Crippen molar-refractivity contribution in [1.29, 1.82) is 15.8 Å². The van der Waals surface area contributed by atoms with E-state index in [2.05, 4.69) is 121 Å². The van der Waals surface area contributed by atoms with Crippen LogP contribution in [0.2, 0.25) is 0 Å². The predicted molar refractivity (Wildman–Crippen MR) is 295 cm³/mol. The highest BCUT2D eigenvalue weighted by Gasteiger charge is 2.24. The van der Waals surface area contributed by atoms with Crippen LogP contribution in [-0.4, -0.2) is 9.13 Å². The molecular weight excluding hydrogens is 905 g/mol. The monoisotopic (exact) mass is 938 g/mol. The Morgan fingerprint density at radius 3 is 1.00 bits per heavy atom. The summed E-state index contributed by atoms with van der Waals surface area (Å²) >= 11 is 0. The van der Waals surface area contributed by atoms with Gasteiger partial charge >= 0.3 is 0 Å². The Hall–Kier alpha value is -11.3. The van der Waals surface area contributed by atoms with Crippen molar-refractivity contribution in [2.75, 3.05) is 0 Å². The molecule has 10 aromatic carbocycles. The molecule has 0 fully saturated rings. The lowest BCUT2D eigenvalue weighted by molar-refractivity contribution is 1.10. The third kappa shape index (κ3) is 7.44. The molecule has 8 heteroatoms. The topological polar surface area (TPSA) is 94.3 Å². The van der Waals surface area contributed by atoms with Crippen molar-refractivity contribution < 1.29 is 0 Å². The number of nitriles is 3. The van der Waals surface area contributed by atoms with Gasteiger partial charge in [0, 0.05) is 21.5 Å². The SMILES string of the molecule is [C-]#[N+]c1cccc(-c2ccc3c4ccc(-c5cccc([N+]#[C-])c5)cc4n(-c4cc([N+]#[C-])c(-c5cccc(C#N)c5)cc4-n4c5cc(-c6cccc(C#N)c6)ccc5c5ccc(-c6cccc(C#N)c6)cc54)c3c2)c1. The lowest BCUT2D eigenvalue weighted by atomic mass is 9.99. The Labute approximate surface area is 426 Å². The number of hydrogen-bond acceptors (Lipinski definition) is 3. The maximum absolute atomic E-state index is 10.1. The molecular formula is C66H34N8. The first-order chi connectivity index (χ1) is 36.4. The lowest BCUT2D eigenvalue weighted by Gasteiger charge is -2.20. The normalized spacial score (nSPS) is 10.9. The third-order valence-corrected chi connectivity index (χ3v) is 13.8. The van der Waals surface area contributed by atoms with E-state index in [0.29, 0.717) is 50.6 Å². The molecule has 0 atom stereocenters. The zero-order valence-electron chi connectivity index (χ0n) is 39.2. The van der Waals surface area contributed by atoms with Gasteiger partial charge < -0.3 is 9.13 Å². The number of nitrogens with zero attached hydrogens (tertiary/aromatic N) is 8. The van der Waals surface area contributed by atoms with Crippen LogP contribution >= 0.6 is 0 Å². The first-order valence-corrected chi connectivity index (χ1v) is 23.6. The van der Waals surface area contributed by atoms with Gasteiger partial charge in [-0.25, -0.2) is 14.5 Å². The molecule has 0 N–H and O–H groups in total. The van der Waals surface area contributed by atoms with Crippen LogP contribution in [0.4, 0.5) is 17.1 Å². The second-order valence-corrected chi connectivity index (χ2v) is 18.0. The molecule has 0 aliphatic carbocycles. The molecule has 0 unspecified atom stereocenters. The van der Waals surface area contributed by atoms with Crippen molar-refractivity contribution in [3.8, 4) is 85.2 Å². The Morgan fingerprint density at radius 1 is 0.311 bits per heavy atom. The largest absolute Gasteiger partial charge is 0.308 e. The fourth-order valence-electron chi connectivity index (χ4n) is 10.3. The molecule has 2 heterocycles. The first-order valence-electron chi connectivity index (χ1n) is 23.6. The summed E-state index contributed by atoms with van der Waals surface area (Å²) in [6.45, 7) is 24.4. The van der Waals surface area contributed by atoms with E-state index in [1.807, 2.05) is 97.1 Å². The molecule has 0 saturated carbocycles. The van der Waals surface area contributed by atoms with E-state index in [4.69, 9.17) is 19.7 Å². The molecule has 0 saturated heterocycles. The summed E-state index contributed by atoms with van der Waals surface area (Å²) in [6, 6.07) is 73.9. The molecule has 74 heavy (non-hydrogen) atoms. The van der Waals surface area contributed by atoms with Gasteiger partial charge in [0.2, 0.25) is 0 Å². The van der Waals surface area contributed by atoms with Gasteiger partial charge in [-0.2, -0.15) is 15.8 Å². The molecule has 12 rings (SSSR count). The third-order valence-electron chi connectivity index (χ3n) is 13.8. The predicted octanol–water partition coefficient (Wildman–Crippen LogP) is 17.5. The molecule has 0 aliphatic heterocycles. The van der Waals surface area contributed by atoms with Crippen LogP contribution in [0.3, 0.4) is 0 Å². The number of hydrogen-bond donors (Lipinski definition) is 0. The zero-order valence-corrected chi connectivity index (χ0v) is 39.2. The fraction of sp³-hybridized carbons (Fsp3) is 0. The first kappa shape index (κ1) is 44.0. The van der Waals surface area contributed by atoms with Crippen molar-refractivity contribution >= 4 is 60.7 Å². The highest BCUT2D eigenvalue weighted by molar-refractivity contribution is 6.14. The average Bonchev–Trinajstić information content (AvgIpc) is 3.98. The van der Waals surface area contributed by atoms with Crippen molar-refractivity contribution in [1.82, 2.24) is 9.13 Å². The fourth-order valence-corrected chi connectivity index (χ4v) is 10.3. The minimum absolute atomic E-state index is 0.374. The van der Waals surface area contributed by atoms with Gasteiger partial charge in [0.1, 0.15) is 0 Å². The van der Waals surface area contributed by atoms with Gasteiger partial charge in [0.25, 0.3) is 0 Å². The Balaban J connectivity index is 1.26. The molecule has 0 amide bonds. The van der Waals surface area contributed by atoms with Gasteiger partial charge in [-0.05, 0) is 141 Å². The van der Waals surface area contributed by atoms with Crippen molar-refractivity contribution in [3.63, 3.8) is 0 Å². The molecule has 338 valence electrons. The summed E-state index contributed by atoms with van der Waals surface area (Å²) < 4.78 is 4.48. The van der Waals surface area contributed by atoms with Crippen LogP contribution < -0.4 is 0 Å². The van der Waals surface area contributed by atoms with Crippen LogP contribution in [-0.2, 0) is 0 Å². The van der Waals surface area contributed by atoms with Gasteiger partial charge in [0.15, 0.2) is 17.1 Å². The summed E-state index contributed by atoms with van der Waals surface area (Å²) in [4.78, 5) is 11.7. The second kappa shape index (κ2) is 17.9. The van der Waals surface area contributed by atoms with Crippen LogP contribution in [0.25, 0.3) is 125 Å². The Kier molecular flexibility index (Phi) is 10.7. The quantitative estimate of drug-likeness (QED) is 0.149. The number of aromatic nitrogens is 2. The Morgan fingerprint density at radius 2 is 0.635 bits per heavy atom. The highest BCUT2D eigenvalue weighted by atomic mass is 15.1. The number of benzene rings is 10. The number of rotatable bonds is 7. The van der Waals surface area contributed by atoms with Crippen LogP contribution in [0.1, 0.15) is 16.7 Å². The minimum Gasteiger partial charge on any atom is -0.308 e. The zero-order chi connectivity index (χ0) is 50.5. The second-order valence-electron chi connectivity index (χ2n) is 18.0. The van der Waals surface area contributed by atoms with Crippen molar-refractivity contribution in [3.05, 3.63) is 257 Å². The molecule has 0 spiro atoms. The van der Waals surface area contributed by atoms with Gasteiger partial charge in [-0.1, -0.05) is 121 Å². The number of fused-ring (bicyclic) bond motifs is 6. The summed E-state index contributed by atoms with van der Waals surface area (Å²) in [7, 11) is 0. The van der Waals surface area contributed by atoms with Crippen LogP contribution in [0, 0.1) is 53.7 Å². The van der Waals surface area contributed by atoms with E-state index in [-0.39, 0.29) is 0 Å². The van der Waals surface area contributed by atoms with Crippen molar-refractivity contribution in [2.24, 2.45) is 0 Å². The van der Waals surface area contributed by atoms with E-state index in [1.54, 1.807) is 30.3 Å². The van der Waals surface area contributed by atoms with Gasteiger partial charge in [-0.15, -0.1) is 0 Å². The average molecular weight is 939 g/mol. The smallest absolute Gasteiger partial charge is 0.197 e. The van der Waals surface area contributed by atoms with Crippen LogP contribution in [0.5, 0.6) is 0 Å². The highest BCUT2D eigenvalue weighted by Crippen LogP contribution is 2.46. The molecule has 0 aliphatic rings. The van der Waals surface area contributed by atoms with E-state index in [1.165, 1.54) is 0 Å². The van der Waals surface area contributed by atoms with E-state index < -0.39 is 0 Å². The molecule has 2 aromatic heterocycles. The molecule has 12 aromatic rings. The lowest BCUT2D eigenvalue weighted by Crippen LogP contribution is -2.05. The Bertz CT molecular complexity index is 4410. The summed E-state index contributed by atoms with van der Waals surface area (Å²) in [5.41, 5.74) is 16.3. The molecule has 0 radical (unpaired) electrons. The maximum atomic E-state index is 10.1. The van der Waals surface area contributed by atoms with E-state index in [0.717, 1.165) is 93.8 Å². The molecule has 8 nitrogen and oxygen atoms in total. The minimum atomic E-state index is 0.374. The molecule has 0 bridgehead atoms. The van der Waals surface area contributed by atoms with Gasteiger partial charge in [0.05, 0.1) is 88.1 Å². The summed E-state index contributed by atoms with van der Waals surface area (Å²) in [5, 5.41) is 33.9. The van der Waals surface area contributed by atoms with Crippen LogP contribution in [0.15, 0.2) is 206 Å². The van der Waals surface area contributed by atoms with Gasteiger partial charge in [-0.3, -0.25) is 0 Å².